The maximum Gasteiger partial charge on any atom is 0.243 e. The highest BCUT2D eigenvalue weighted by atomic mass is 19.1. The molecule has 2 N–H and O–H groups in total. The molecule has 2 aromatic carbocycles. The van der Waals surface area contributed by atoms with E-state index in [1.807, 2.05) is 38.1 Å². The lowest BCUT2D eigenvalue weighted by Gasteiger charge is -2.18. The van der Waals surface area contributed by atoms with Crippen molar-refractivity contribution in [3.63, 3.8) is 0 Å². The van der Waals surface area contributed by atoms with Crippen molar-refractivity contribution in [1.29, 1.82) is 0 Å². The Hall–Kier alpha value is -2.89. The number of anilines is 2. The Morgan fingerprint density at radius 1 is 1.08 bits per heavy atom. The molecule has 0 aliphatic rings. The maximum atomic E-state index is 13.2. The first kappa shape index (κ1) is 18.4. The first-order chi connectivity index (χ1) is 11.8. The Kier molecular flexibility index (Phi) is 6.11. The molecule has 0 saturated heterocycles. The molecule has 0 radical (unpaired) electrons. The minimum absolute atomic E-state index is 0.0153. The summed E-state index contributed by atoms with van der Waals surface area (Å²) in [5.74, 6) is -0.907. The van der Waals surface area contributed by atoms with Gasteiger partial charge in [0.2, 0.25) is 11.8 Å². The molecule has 2 aromatic rings. The fourth-order valence-corrected chi connectivity index (χ4v) is 2.23. The number of aryl methyl sites for hydroxylation is 2. The summed E-state index contributed by atoms with van der Waals surface area (Å²) in [5.41, 5.74) is 3.19. The summed E-state index contributed by atoms with van der Waals surface area (Å²) in [6, 6.07) is 11.8. The lowest BCUT2D eigenvalue weighted by Crippen LogP contribution is -2.38. The molecule has 6 heteroatoms. The number of carbonyl (C=O) groups excluding carboxylic acids is 2. The van der Waals surface area contributed by atoms with Crippen LogP contribution in [0.25, 0.3) is 0 Å². The van der Waals surface area contributed by atoms with Gasteiger partial charge in [0.15, 0.2) is 0 Å². The van der Waals surface area contributed by atoms with E-state index in [1.165, 1.54) is 17.0 Å². The van der Waals surface area contributed by atoms with Crippen molar-refractivity contribution in [1.82, 2.24) is 4.90 Å². The minimum atomic E-state index is -0.369. The van der Waals surface area contributed by atoms with Crippen molar-refractivity contribution in [2.24, 2.45) is 0 Å². The molecular weight excluding hydrogens is 321 g/mol. The summed E-state index contributed by atoms with van der Waals surface area (Å²) in [6.45, 7) is 3.71. The zero-order chi connectivity index (χ0) is 18.4. The number of nitrogens with one attached hydrogen (secondary N) is 2. The molecule has 0 bridgehead atoms. The second-order valence-corrected chi connectivity index (χ2v) is 5.98. The minimum Gasteiger partial charge on any atom is -0.376 e. The Bertz CT molecular complexity index is 760. The molecule has 25 heavy (non-hydrogen) atoms. The highest BCUT2D eigenvalue weighted by molar-refractivity contribution is 5.95. The third-order valence-electron chi connectivity index (χ3n) is 3.77. The number of hydrogen-bond donors (Lipinski definition) is 2. The Balaban J connectivity index is 1.84. The summed E-state index contributed by atoms with van der Waals surface area (Å²) in [7, 11) is 1.55. The summed E-state index contributed by atoms with van der Waals surface area (Å²) < 4.78 is 13.2. The van der Waals surface area contributed by atoms with Crippen molar-refractivity contribution >= 4 is 23.2 Å². The predicted molar refractivity (Wildman–Crippen MR) is 97.1 cm³/mol. The molecule has 0 fully saturated rings. The lowest BCUT2D eigenvalue weighted by atomic mass is 10.2. The van der Waals surface area contributed by atoms with Crippen molar-refractivity contribution in [3.8, 4) is 0 Å². The molecule has 132 valence electrons. The van der Waals surface area contributed by atoms with Gasteiger partial charge in [0.05, 0.1) is 13.1 Å². The molecule has 5 nitrogen and oxygen atoms in total. The van der Waals surface area contributed by atoms with E-state index in [0.717, 1.165) is 11.1 Å². The van der Waals surface area contributed by atoms with E-state index in [-0.39, 0.29) is 30.7 Å². The number of nitrogens with zero attached hydrogens (tertiary/aromatic N) is 1. The van der Waals surface area contributed by atoms with Crippen LogP contribution in [0.15, 0.2) is 42.5 Å². The van der Waals surface area contributed by atoms with Crippen LogP contribution in [0.5, 0.6) is 0 Å². The van der Waals surface area contributed by atoms with Gasteiger partial charge in [-0.2, -0.15) is 0 Å². The van der Waals surface area contributed by atoms with Crippen LogP contribution in [0.1, 0.15) is 11.1 Å². The van der Waals surface area contributed by atoms with Gasteiger partial charge in [0.1, 0.15) is 5.82 Å². The molecule has 0 unspecified atom stereocenters. The van der Waals surface area contributed by atoms with Crippen molar-refractivity contribution in [2.75, 3.05) is 30.8 Å². The van der Waals surface area contributed by atoms with Crippen molar-refractivity contribution < 1.29 is 14.0 Å². The largest absolute Gasteiger partial charge is 0.376 e. The van der Waals surface area contributed by atoms with Crippen LogP contribution >= 0.6 is 0 Å². The average molecular weight is 343 g/mol. The Labute approximate surface area is 146 Å². The summed E-state index contributed by atoms with van der Waals surface area (Å²) in [4.78, 5) is 25.5. The van der Waals surface area contributed by atoms with Gasteiger partial charge in [-0.15, -0.1) is 0 Å². The number of hydrogen-bond acceptors (Lipinski definition) is 3. The SMILES string of the molecule is Cc1ccc(NC(=O)CN(C)C(=O)CNc2cc(F)ccc2C)cc1. The molecule has 0 aromatic heterocycles. The van der Waals surface area contributed by atoms with E-state index >= 15 is 0 Å². The highest BCUT2D eigenvalue weighted by Gasteiger charge is 2.13. The van der Waals surface area contributed by atoms with Crippen LogP contribution in [0.2, 0.25) is 0 Å². The number of benzene rings is 2. The van der Waals surface area contributed by atoms with E-state index < -0.39 is 0 Å². The summed E-state index contributed by atoms with van der Waals surface area (Å²) >= 11 is 0. The van der Waals surface area contributed by atoms with Gasteiger partial charge in [-0.05, 0) is 43.7 Å². The number of carbonyl (C=O) groups is 2. The smallest absolute Gasteiger partial charge is 0.243 e. The molecule has 0 spiro atoms. The van der Waals surface area contributed by atoms with E-state index in [9.17, 15) is 14.0 Å². The van der Waals surface area contributed by atoms with Gasteiger partial charge >= 0.3 is 0 Å². The lowest BCUT2D eigenvalue weighted by molar-refractivity contribution is -0.131. The molecule has 2 rings (SSSR count). The molecule has 0 heterocycles. The van der Waals surface area contributed by atoms with Crippen molar-refractivity contribution in [3.05, 3.63) is 59.4 Å². The van der Waals surface area contributed by atoms with E-state index in [1.54, 1.807) is 13.1 Å². The summed E-state index contributed by atoms with van der Waals surface area (Å²) in [6.07, 6.45) is 0. The quantitative estimate of drug-likeness (QED) is 0.848. The number of halogens is 1. The monoisotopic (exact) mass is 343 g/mol. The molecule has 0 aliphatic carbocycles. The Morgan fingerprint density at radius 2 is 1.76 bits per heavy atom. The van der Waals surface area contributed by atoms with Gasteiger partial charge in [0.25, 0.3) is 0 Å². The van der Waals surface area contributed by atoms with Gasteiger partial charge in [-0.1, -0.05) is 23.8 Å². The highest BCUT2D eigenvalue weighted by Crippen LogP contribution is 2.15. The standard InChI is InChI=1S/C19H22FN3O2/c1-13-4-8-16(9-5-13)22-18(24)12-23(3)19(25)11-21-17-10-15(20)7-6-14(17)2/h4-10,21H,11-12H2,1-3H3,(H,22,24). The molecular formula is C19H22FN3O2. The second-order valence-electron chi connectivity index (χ2n) is 5.98. The first-order valence-corrected chi connectivity index (χ1v) is 7.95. The van der Waals surface area contributed by atoms with E-state index in [4.69, 9.17) is 0 Å². The number of likely N-dealkylation sites (N-methyl/N-ethyl adjacent to an activating group) is 1. The van der Waals surface area contributed by atoms with E-state index in [0.29, 0.717) is 11.4 Å². The second kappa shape index (κ2) is 8.28. The van der Waals surface area contributed by atoms with Crippen LogP contribution in [-0.2, 0) is 9.59 Å². The molecule has 2 amide bonds. The van der Waals surface area contributed by atoms with Crippen LogP contribution in [0, 0.1) is 19.7 Å². The molecule has 0 aliphatic heterocycles. The predicted octanol–water partition coefficient (Wildman–Crippen LogP) is 2.95. The van der Waals surface area contributed by atoms with Gasteiger partial charge in [-0.25, -0.2) is 4.39 Å². The number of amides is 2. The van der Waals surface area contributed by atoms with Gasteiger partial charge in [-0.3, -0.25) is 9.59 Å². The first-order valence-electron chi connectivity index (χ1n) is 7.95. The van der Waals surface area contributed by atoms with Gasteiger partial charge in [0, 0.05) is 18.4 Å². The zero-order valence-electron chi connectivity index (χ0n) is 14.6. The Morgan fingerprint density at radius 3 is 2.44 bits per heavy atom. The third kappa shape index (κ3) is 5.60. The van der Waals surface area contributed by atoms with Crippen LogP contribution in [0.3, 0.4) is 0 Å². The fourth-order valence-electron chi connectivity index (χ4n) is 2.23. The van der Waals surface area contributed by atoms with Crippen LogP contribution in [-0.4, -0.2) is 36.9 Å². The average Bonchev–Trinajstić information content (AvgIpc) is 2.57. The fraction of sp³-hybridized carbons (Fsp3) is 0.263. The van der Waals surface area contributed by atoms with Crippen LogP contribution in [0.4, 0.5) is 15.8 Å². The normalized spacial score (nSPS) is 10.2. The zero-order valence-corrected chi connectivity index (χ0v) is 14.6. The van der Waals surface area contributed by atoms with Gasteiger partial charge < -0.3 is 15.5 Å². The summed E-state index contributed by atoms with van der Waals surface area (Å²) in [5, 5.41) is 5.64. The molecule has 0 atom stereocenters. The van der Waals surface area contributed by atoms with Crippen molar-refractivity contribution in [2.45, 2.75) is 13.8 Å². The van der Waals surface area contributed by atoms with E-state index in [2.05, 4.69) is 10.6 Å². The maximum absolute atomic E-state index is 13.2. The third-order valence-corrected chi connectivity index (χ3v) is 3.77. The van der Waals surface area contributed by atoms with Crippen LogP contribution < -0.4 is 10.6 Å². The topological polar surface area (TPSA) is 61.4 Å². The molecule has 0 saturated carbocycles. The number of rotatable bonds is 6.